The molecule has 2 aromatic rings. The second kappa shape index (κ2) is 8.10. The lowest BCUT2D eigenvalue weighted by Crippen LogP contribution is -2.36. The molecule has 1 unspecified atom stereocenters. The fourth-order valence-corrected chi connectivity index (χ4v) is 3.83. The molecule has 164 valence electrons. The molecular weight excluding hydrogens is 420 g/mol. The van der Waals surface area contributed by atoms with E-state index in [1.807, 2.05) is 0 Å². The molecule has 3 rings (SSSR count). The molecular formula is C21H24N4O5S. The highest BCUT2D eigenvalue weighted by Crippen LogP contribution is 2.37. The van der Waals surface area contributed by atoms with Crippen LogP contribution < -0.4 is 4.72 Å². The number of nitrogens with zero attached hydrogens (tertiary/aromatic N) is 3. The Labute approximate surface area is 181 Å². The Kier molecular flexibility index (Phi) is 5.86. The van der Waals surface area contributed by atoms with Crippen LogP contribution in [0.4, 0.5) is 11.4 Å². The summed E-state index contributed by atoms with van der Waals surface area (Å²) in [6.07, 6.45) is 1.45. The van der Waals surface area contributed by atoms with Crippen molar-refractivity contribution in [2.45, 2.75) is 33.2 Å². The van der Waals surface area contributed by atoms with Crippen molar-refractivity contribution in [3.8, 4) is 0 Å². The first-order valence-electron chi connectivity index (χ1n) is 9.59. The summed E-state index contributed by atoms with van der Waals surface area (Å²) in [7, 11) is -3.39. The van der Waals surface area contributed by atoms with E-state index in [0.717, 1.165) is 11.8 Å². The van der Waals surface area contributed by atoms with Crippen LogP contribution in [-0.2, 0) is 14.8 Å². The first kappa shape index (κ1) is 22.4. The van der Waals surface area contributed by atoms with Gasteiger partial charge in [0, 0.05) is 29.7 Å². The maximum atomic E-state index is 13.1. The monoisotopic (exact) mass is 444 g/mol. The van der Waals surface area contributed by atoms with E-state index >= 15 is 0 Å². The minimum atomic E-state index is -3.39. The van der Waals surface area contributed by atoms with Crippen LogP contribution >= 0.6 is 0 Å². The van der Waals surface area contributed by atoms with Crippen molar-refractivity contribution in [2.75, 3.05) is 11.0 Å². The predicted octanol–water partition coefficient (Wildman–Crippen LogP) is 3.69. The van der Waals surface area contributed by atoms with Gasteiger partial charge in [-0.1, -0.05) is 45.0 Å². The largest absolute Gasteiger partial charge is 0.284 e. The summed E-state index contributed by atoms with van der Waals surface area (Å²) in [5.74, 6) is -0.200. The standard InChI is InChI=1S/C21H24N4O5S/c1-21(2,3)20(26)24-19(15-6-5-7-17(12-15)25(27)28)13-18(22-24)14-8-10-16(11-9-14)23-31(4,29)30/h5-12,19,23H,13H2,1-4H3. The average Bonchev–Trinajstić information content (AvgIpc) is 3.11. The molecule has 0 radical (unpaired) electrons. The maximum Gasteiger partial charge on any atom is 0.269 e. The smallest absolute Gasteiger partial charge is 0.269 e. The molecule has 2 aromatic carbocycles. The van der Waals surface area contributed by atoms with E-state index in [1.165, 1.54) is 17.1 Å². The summed E-state index contributed by atoms with van der Waals surface area (Å²) >= 11 is 0. The predicted molar refractivity (Wildman–Crippen MR) is 118 cm³/mol. The number of rotatable bonds is 5. The lowest BCUT2D eigenvalue weighted by molar-refractivity contribution is -0.385. The van der Waals surface area contributed by atoms with E-state index < -0.39 is 26.4 Å². The molecule has 31 heavy (non-hydrogen) atoms. The molecule has 0 aliphatic carbocycles. The number of nitro groups is 1. The van der Waals surface area contributed by atoms with Crippen molar-refractivity contribution in [1.29, 1.82) is 0 Å². The quantitative estimate of drug-likeness (QED) is 0.557. The number of sulfonamides is 1. The number of non-ortho nitro benzene ring substituents is 1. The van der Waals surface area contributed by atoms with Gasteiger partial charge < -0.3 is 0 Å². The van der Waals surface area contributed by atoms with Crippen LogP contribution in [0, 0.1) is 15.5 Å². The number of hydrogen-bond acceptors (Lipinski definition) is 6. The summed E-state index contributed by atoms with van der Waals surface area (Å²) < 4.78 is 25.2. The van der Waals surface area contributed by atoms with Gasteiger partial charge in [0.25, 0.3) is 5.69 Å². The zero-order chi connectivity index (χ0) is 23.0. The minimum absolute atomic E-state index is 0.0506. The Balaban J connectivity index is 1.97. The van der Waals surface area contributed by atoms with Gasteiger partial charge in [0.1, 0.15) is 0 Å². The molecule has 0 spiro atoms. The first-order valence-corrected chi connectivity index (χ1v) is 11.5. The zero-order valence-corrected chi connectivity index (χ0v) is 18.5. The molecule has 10 heteroatoms. The maximum absolute atomic E-state index is 13.1. The van der Waals surface area contributed by atoms with Gasteiger partial charge >= 0.3 is 0 Å². The van der Waals surface area contributed by atoms with Crippen molar-refractivity contribution < 1.29 is 18.1 Å². The van der Waals surface area contributed by atoms with Crippen LogP contribution in [0.15, 0.2) is 53.6 Å². The van der Waals surface area contributed by atoms with Crippen molar-refractivity contribution in [3.63, 3.8) is 0 Å². The van der Waals surface area contributed by atoms with Crippen LogP contribution in [0.5, 0.6) is 0 Å². The third-order valence-electron chi connectivity index (χ3n) is 4.75. The summed E-state index contributed by atoms with van der Waals surface area (Å²) in [6, 6.07) is 12.4. The number of amides is 1. The molecule has 1 heterocycles. The van der Waals surface area contributed by atoms with Gasteiger partial charge in [-0.3, -0.25) is 19.6 Å². The summed E-state index contributed by atoms with van der Waals surface area (Å²) in [5, 5.41) is 17.2. The number of nitrogens with one attached hydrogen (secondary N) is 1. The van der Waals surface area contributed by atoms with Gasteiger partial charge in [0.15, 0.2) is 0 Å². The molecule has 1 aliphatic rings. The molecule has 1 aliphatic heterocycles. The van der Waals surface area contributed by atoms with E-state index in [9.17, 15) is 23.3 Å². The van der Waals surface area contributed by atoms with Crippen LogP contribution in [0.25, 0.3) is 0 Å². The Hall–Kier alpha value is -3.27. The molecule has 1 atom stereocenters. The van der Waals surface area contributed by atoms with Crippen LogP contribution in [-0.4, -0.2) is 36.2 Å². The fourth-order valence-electron chi connectivity index (χ4n) is 3.27. The van der Waals surface area contributed by atoms with Crippen molar-refractivity contribution in [1.82, 2.24) is 5.01 Å². The van der Waals surface area contributed by atoms with E-state index in [4.69, 9.17) is 0 Å². The number of carbonyl (C=O) groups excluding carboxylic acids is 1. The molecule has 0 aromatic heterocycles. The third kappa shape index (κ3) is 5.26. The van der Waals surface area contributed by atoms with Crippen LogP contribution in [0.1, 0.15) is 44.4 Å². The average molecular weight is 445 g/mol. The van der Waals surface area contributed by atoms with E-state index in [-0.39, 0.29) is 11.6 Å². The molecule has 9 nitrogen and oxygen atoms in total. The van der Waals surface area contributed by atoms with Gasteiger partial charge in [0.2, 0.25) is 15.9 Å². The lowest BCUT2D eigenvalue weighted by atomic mass is 9.93. The Bertz CT molecular complexity index is 1150. The number of benzene rings is 2. The van der Waals surface area contributed by atoms with Gasteiger partial charge in [0.05, 0.1) is 22.9 Å². The van der Waals surface area contributed by atoms with Gasteiger partial charge in [-0.25, -0.2) is 13.4 Å². The van der Waals surface area contributed by atoms with Crippen molar-refractivity contribution in [2.24, 2.45) is 10.5 Å². The van der Waals surface area contributed by atoms with Crippen molar-refractivity contribution >= 4 is 33.0 Å². The van der Waals surface area contributed by atoms with Gasteiger partial charge in [-0.15, -0.1) is 0 Å². The van der Waals surface area contributed by atoms with Gasteiger partial charge in [-0.2, -0.15) is 5.10 Å². The third-order valence-corrected chi connectivity index (χ3v) is 5.35. The molecule has 0 bridgehead atoms. The van der Waals surface area contributed by atoms with Gasteiger partial charge in [-0.05, 0) is 23.3 Å². The zero-order valence-electron chi connectivity index (χ0n) is 17.7. The highest BCUT2D eigenvalue weighted by molar-refractivity contribution is 7.92. The highest BCUT2D eigenvalue weighted by Gasteiger charge is 2.38. The Morgan fingerprint density at radius 2 is 1.84 bits per heavy atom. The first-order chi connectivity index (χ1) is 14.3. The highest BCUT2D eigenvalue weighted by atomic mass is 32.2. The lowest BCUT2D eigenvalue weighted by Gasteiger charge is -2.28. The van der Waals surface area contributed by atoms with Crippen LogP contribution in [0.3, 0.4) is 0 Å². The number of carbonyl (C=O) groups is 1. The normalized spacial score (nSPS) is 16.7. The second-order valence-corrected chi connectivity index (χ2v) is 10.2. The Morgan fingerprint density at radius 1 is 1.19 bits per heavy atom. The van der Waals surface area contributed by atoms with E-state index in [2.05, 4.69) is 9.82 Å². The summed E-state index contributed by atoms with van der Waals surface area (Å²) in [5.41, 5.74) is 1.67. The minimum Gasteiger partial charge on any atom is -0.284 e. The molecule has 1 N–H and O–H groups in total. The Morgan fingerprint density at radius 3 is 2.39 bits per heavy atom. The SMILES string of the molecule is CC(C)(C)C(=O)N1N=C(c2ccc(NS(C)(=O)=O)cc2)CC1c1cccc([N+](=O)[O-])c1. The number of nitro benzene ring substituents is 1. The molecule has 0 saturated carbocycles. The number of hydrogen-bond donors (Lipinski definition) is 1. The number of anilines is 1. The van der Waals surface area contributed by atoms with E-state index in [0.29, 0.717) is 23.4 Å². The second-order valence-electron chi connectivity index (χ2n) is 8.47. The fraction of sp³-hybridized carbons (Fsp3) is 0.333. The number of hydrazone groups is 1. The summed E-state index contributed by atoms with van der Waals surface area (Å²) in [4.78, 5) is 23.8. The van der Waals surface area contributed by atoms with Crippen LogP contribution in [0.2, 0.25) is 0 Å². The van der Waals surface area contributed by atoms with E-state index in [1.54, 1.807) is 57.2 Å². The van der Waals surface area contributed by atoms with Crippen molar-refractivity contribution in [3.05, 3.63) is 69.8 Å². The molecule has 1 amide bonds. The molecule has 0 saturated heterocycles. The topological polar surface area (TPSA) is 122 Å². The molecule has 0 fully saturated rings. The summed E-state index contributed by atoms with van der Waals surface area (Å²) in [6.45, 7) is 5.37.